The van der Waals surface area contributed by atoms with Crippen molar-refractivity contribution in [1.82, 2.24) is 10.2 Å². The Bertz CT molecular complexity index is 541. The highest BCUT2D eigenvalue weighted by Gasteiger charge is 2.38. The number of rotatable bonds is 2. The Labute approximate surface area is 112 Å². The van der Waals surface area contributed by atoms with Crippen LogP contribution < -0.4 is 5.32 Å². The molecule has 0 radical (unpaired) electrons. The molecule has 3 rings (SSSR count). The number of piperazine rings is 1. The molecule has 1 aromatic rings. The zero-order valence-corrected chi connectivity index (χ0v) is 11.2. The molecule has 4 heteroatoms. The molecule has 0 spiro atoms. The first-order valence-electron chi connectivity index (χ1n) is 6.76. The Balaban J connectivity index is 1.76. The Morgan fingerprint density at radius 1 is 1.26 bits per heavy atom. The molecule has 100 valence electrons. The fraction of sp³-hybridized carbons (Fsp3) is 0.467. The summed E-state index contributed by atoms with van der Waals surface area (Å²) in [5, 5.41) is 2.71. The number of hydrogen-bond donors (Lipinski definition) is 1. The summed E-state index contributed by atoms with van der Waals surface area (Å²) in [4.78, 5) is 25.7. The van der Waals surface area contributed by atoms with Crippen molar-refractivity contribution in [3.8, 4) is 0 Å². The van der Waals surface area contributed by atoms with Gasteiger partial charge in [-0.05, 0) is 31.4 Å². The maximum absolute atomic E-state index is 12.2. The van der Waals surface area contributed by atoms with Gasteiger partial charge in [-0.25, -0.2) is 0 Å². The van der Waals surface area contributed by atoms with Crippen molar-refractivity contribution in [2.24, 2.45) is 0 Å². The van der Waals surface area contributed by atoms with Gasteiger partial charge in [0.1, 0.15) is 12.1 Å². The van der Waals surface area contributed by atoms with Gasteiger partial charge in [-0.3, -0.25) is 9.59 Å². The van der Waals surface area contributed by atoms with Crippen LogP contribution in [0, 0.1) is 0 Å². The number of nitrogens with zero attached hydrogens (tertiary/aromatic N) is 1. The van der Waals surface area contributed by atoms with Crippen LogP contribution in [0.25, 0.3) is 0 Å². The fourth-order valence-corrected chi connectivity index (χ4v) is 2.99. The second kappa shape index (κ2) is 4.37. The largest absolute Gasteiger partial charge is 0.343 e. The summed E-state index contributed by atoms with van der Waals surface area (Å²) in [7, 11) is 0. The SMILES string of the molecule is CC1NC(=O)C(C)N(CC2Cc3ccccc32)C1=O. The third-order valence-corrected chi connectivity index (χ3v) is 4.24. The Morgan fingerprint density at radius 3 is 2.74 bits per heavy atom. The Hall–Kier alpha value is -1.84. The fourth-order valence-electron chi connectivity index (χ4n) is 2.99. The number of benzene rings is 1. The van der Waals surface area contributed by atoms with E-state index >= 15 is 0 Å². The monoisotopic (exact) mass is 258 g/mol. The average Bonchev–Trinajstić information content (AvgIpc) is 2.37. The van der Waals surface area contributed by atoms with E-state index in [-0.39, 0.29) is 17.9 Å². The summed E-state index contributed by atoms with van der Waals surface area (Å²) >= 11 is 0. The molecule has 2 amide bonds. The standard InChI is InChI=1S/C15H18N2O2/c1-9-15(19)17(10(2)14(18)16-9)8-12-7-11-5-3-4-6-13(11)12/h3-6,9-10,12H,7-8H2,1-2H3,(H,16,18). The summed E-state index contributed by atoms with van der Waals surface area (Å²) in [5.41, 5.74) is 2.68. The second-order valence-electron chi connectivity index (χ2n) is 5.50. The van der Waals surface area contributed by atoms with Crippen molar-refractivity contribution < 1.29 is 9.59 Å². The van der Waals surface area contributed by atoms with E-state index in [1.54, 1.807) is 18.7 Å². The quantitative estimate of drug-likeness (QED) is 0.862. The van der Waals surface area contributed by atoms with Gasteiger partial charge in [-0.2, -0.15) is 0 Å². The number of fused-ring (bicyclic) bond motifs is 1. The Morgan fingerprint density at radius 2 is 2.00 bits per heavy atom. The summed E-state index contributed by atoms with van der Waals surface area (Å²) < 4.78 is 0. The molecule has 2 aliphatic rings. The highest BCUT2D eigenvalue weighted by Crippen LogP contribution is 2.36. The van der Waals surface area contributed by atoms with Crippen LogP contribution in [0.2, 0.25) is 0 Å². The van der Waals surface area contributed by atoms with Crippen LogP contribution >= 0.6 is 0 Å². The smallest absolute Gasteiger partial charge is 0.245 e. The molecular formula is C15H18N2O2. The van der Waals surface area contributed by atoms with E-state index in [9.17, 15) is 9.59 Å². The van der Waals surface area contributed by atoms with E-state index in [0.29, 0.717) is 12.5 Å². The normalized spacial score (nSPS) is 29.6. The molecule has 1 fully saturated rings. The van der Waals surface area contributed by atoms with E-state index in [1.165, 1.54) is 11.1 Å². The minimum atomic E-state index is -0.404. The van der Waals surface area contributed by atoms with Crippen LogP contribution in [0.3, 0.4) is 0 Å². The summed E-state index contributed by atoms with van der Waals surface area (Å²) in [6.45, 7) is 4.19. The Kier molecular flexibility index (Phi) is 2.81. The number of amides is 2. The number of carbonyl (C=O) groups excluding carboxylic acids is 2. The van der Waals surface area contributed by atoms with Gasteiger partial charge in [-0.15, -0.1) is 0 Å². The summed E-state index contributed by atoms with van der Waals surface area (Å²) in [6.07, 6.45) is 1.00. The summed E-state index contributed by atoms with van der Waals surface area (Å²) in [6, 6.07) is 7.55. The van der Waals surface area contributed by atoms with Crippen LogP contribution in [-0.4, -0.2) is 35.3 Å². The highest BCUT2D eigenvalue weighted by atomic mass is 16.2. The van der Waals surface area contributed by atoms with E-state index in [2.05, 4.69) is 17.4 Å². The number of carbonyl (C=O) groups is 2. The molecular weight excluding hydrogens is 240 g/mol. The van der Waals surface area contributed by atoms with Crippen molar-refractivity contribution >= 4 is 11.8 Å². The van der Waals surface area contributed by atoms with Gasteiger partial charge in [0.2, 0.25) is 11.8 Å². The first-order valence-corrected chi connectivity index (χ1v) is 6.76. The maximum atomic E-state index is 12.2. The highest BCUT2D eigenvalue weighted by molar-refractivity contribution is 5.96. The van der Waals surface area contributed by atoms with Crippen LogP contribution in [0.5, 0.6) is 0 Å². The van der Waals surface area contributed by atoms with Gasteiger partial charge in [0.25, 0.3) is 0 Å². The molecule has 1 aliphatic carbocycles. The lowest BCUT2D eigenvalue weighted by atomic mass is 9.77. The predicted octanol–water partition coefficient (Wildman–Crippen LogP) is 1.06. The van der Waals surface area contributed by atoms with Gasteiger partial charge < -0.3 is 10.2 Å². The van der Waals surface area contributed by atoms with Gasteiger partial charge >= 0.3 is 0 Å². The van der Waals surface area contributed by atoms with Crippen molar-refractivity contribution in [1.29, 1.82) is 0 Å². The van der Waals surface area contributed by atoms with Gasteiger partial charge in [0.05, 0.1) is 0 Å². The molecule has 1 saturated heterocycles. The minimum Gasteiger partial charge on any atom is -0.343 e. The zero-order valence-electron chi connectivity index (χ0n) is 11.2. The minimum absolute atomic E-state index is 0.0245. The lowest BCUT2D eigenvalue weighted by Crippen LogP contribution is -2.62. The van der Waals surface area contributed by atoms with E-state index in [0.717, 1.165) is 6.42 Å². The third-order valence-electron chi connectivity index (χ3n) is 4.24. The number of hydrogen-bond acceptors (Lipinski definition) is 2. The lowest BCUT2D eigenvalue weighted by molar-refractivity contribution is -0.148. The molecule has 3 unspecified atom stereocenters. The van der Waals surface area contributed by atoms with Crippen LogP contribution in [-0.2, 0) is 16.0 Å². The molecule has 4 nitrogen and oxygen atoms in total. The molecule has 0 aromatic heterocycles. The van der Waals surface area contributed by atoms with Crippen molar-refractivity contribution in [2.45, 2.75) is 38.3 Å². The molecule has 19 heavy (non-hydrogen) atoms. The average molecular weight is 258 g/mol. The van der Waals surface area contributed by atoms with Gasteiger partial charge in [0, 0.05) is 12.5 Å². The van der Waals surface area contributed by atoms with Crippen LogP contribution in [0.4, 0.5) is 0 Å². The van der Waals surface area contributed by atoms with Crippen molar-refractivity contribution in [2.75, 3.05) is 6.54 Å². The maximum Gasteiger partial charge on any atom is 0.245 e. The van der Waals surface area contributed by atoms with Crippen LogP contribution in [0.15, 0.2) is 24.3 Å². The molecule has 0 bridgehead atoms. The third kappa shape index (κ3) is 1.91. The van der Waals surface area contributed by atoms with E-state index < -0.39 is 6.04 Å². The molecule has 1 N–H and O–H groups in total. The summed E-state index contributed by atoms with van der Waals surface area (Å²) in [5.74, 6) is 0.344. The van der Waals surface area contributed by atoms with Crippen molar-refractivity contribution in [3.63, 3.8) is 0 Å². The molecule has 3 atom stereocenters. The number of nitrogens with one attached hydrogen (secondary N) is 1. The van der Waals surface area contributed by atoms with Crippen molar-refractivity contribution in [3.05, 3.63) is 35.4 Å². The first kappa shape index (κ1) is 12.2. The lowest BCUT2D eigenvalue weighted by Gasteiger charge is -2.41. The van der Waals surface area contributed by atoms with Gasteiger partial charge in [-0.1, -0.05) is 24.3 Å². The molecule has 1 aromatic carbocycles. The first-order chi connectivity index (χ1) is 9.08. The topological polar surface area (TPSA) is 49.4 Å². The molecule has 0 saturated carbocycles. The van der Waals surface area contributed by atoms with E-state index in [4.69, 9.17) is 0 Å². The second-order valence-corrected chi connectivity index (χ2v) is 5.50. The predicted molar refractivity (Wildman–Crippen MR) is 71.7 cm³/mol. The van der Waals surface area contributed by atoms with Crippen LogP contribution in [0.1, 0.15) is 30.9 Å². The molecule has 1 heterocycles. The van der Waals surface area contributed by atoms with Gasteiger partial charge in [0.15, 0.2) is 0 Å². The zero-order chi connectivity index (χ0) is 13.6. The van der Waals surface area contributed by atoms with E-state index in [1.807, 2.05) is 12.1 Å². The molecule has 1 aliphatic heterocycles.